The molecule has 2 aromatic carbocycles. The normalized spacial score (nSPS) is 10.4. The highest BCUT2D eigenvalue weighted by molar-refractivity contribution is 7.98. The fraction of sp³-hybridized carbons (Fsp3) is 0.174. The lowest BCUT2D eigenvalue weighted by atomic mass is 10.1. The third kappa shape index (κ3) is 6.19. The van der Waals surface area contributed by atoms with Crippen molar-refractivity contribution in [3.63, 3.8) is 0 Å². The van der Waals surface area contributed by atoms with Gasteiger partial charge < -0.3 is 10.2 Å². The molecule has 2 amide bonds. The maximum Gasteiger partial charge on any atom is 0.254 e. The summed E-state index contributed by atoms with van der Waals surface area (Å²) in [5.41, 5.74) is 2.71. The van der Waals surface area contributed by atoms with Crippen LogP contribution in [0.15, 0.2) is 77.8 Å². The summed E-state index contributed by atoms with van der Waals surface area (Å²) >= 11 is 1.75. The molecule has 3 rings (SSSR count). The summed E-state index contributed by atoms with van der Waals surface area (Å²) in [6.07, 6.45) is 1.68. The zero-order valence-corrected chi connectivity index (χ0v) is 17.3. The molecule has 0 spiro atoms. The molecule has 0 aliphatic rings. The SMILES string of the molecule is Cc1ccc(NC(=O)CN(C)C(=O)c2ccc(CSc3ccccc3)cc2)nc1. The van der Waals surface area contributed by atoms with Crippen LogP contribution in [0.3, 0.4) is 0 Å². The van der Waals surface area contributed by atoms with Gasteiger partial charge in [-0.1, -0.05) is 36.4 Å². The molecule has 5 nitrogen and oxygen atoms in total. The van der Waals surface area contributed by atoms with Crippen molar-refractivity contribution in [2.24, 2.45) is 0 Å². The Morgan fingerprint density at radius 3 is 2.38 bits per heavy atom. The standard InChI is InChI=1S/C23H23N3O2S/c1-17-8-13-21(24-14-17)25-22(27)15-26(2)23(28)19-11-9-18(10-12-19)16-29-20-6-4-3-5-7-20/h3-14H,15-16H2,1-2H3,(H,24,25,27). The molecule has 0 unspecified atom stereocenters. The minimum Gasteiger partial charge on any atom is -0.332 e. The summed E-state index contributed by atoms with van der Waals surface area (Å²) in [4.78, 5) is 31.5. The van der Waals surface area contributed by atoms with Crippen molar-refractivity contribution in [2.75, 3.05) is 18.9 Å². The van der Waals surface area contributed by atoms with E-state index < -0.39 is 0 Å². The molecule has 148 valence electrons. The Hall–Kier alpha value is -3.12. The van der Waals surface area contributed by atoms with Gasteiger partial charge in [0, 0.05) is 29.5 Å². The van der Waals surface area contributed by atoms with Crippen molar-refractivity contribution in [3.8, 4) is 0 Å². The molecule has 0 bridgehead atoms. The number of likely N-dealkylation sites (N-methyl/N-ethyl adjacent to an activating group) is 1. The summed E-state index contributed by atoms with van der Waals surface area (Å²) in [7, 11) is 1.61. The minimum atomic E-state index is -0.284. The number of aryl methyl sites for hydroxylation is 1. The molecule has 0 fully saturated rings. The molecule has 1 heterocycles. The maximum absolute atomic E-state index is 12.6. The van der Waals surface area contributed by atoms with Crippen LogP contribution in [0.4, 0.5) is 5.82 Å². The van der Waals surface area contributed by atoms with E-state index in [9.17, 15) is 9.59 Å². The first kappa shape index (κ1) is 20.6. The molecule has 6 heteroatoms. The fourth-order valence-electron chi connectivity index (χ4n) is 2.66. The molecule has 0 radical (unpaired) electrons. The van der Waals surface area contributed by atoms with Crippen LogP contribution in [0.1, 0.15) is 21.5 Å². The van der Waals surface area contributed by atoms with Crippen LogP contribution in [0, 0.1) is 6.92 Å². The Balaban J connectivity index is 1.52. The Labute approximate surface area is 175 Å². The number of carbonyl (C=O) groups excluding carboxylic acids is 2. The van der Waals surface area contributed by atoms with Crippen LogP contribution >= 0.6 is 11.8 Å². The highest BCUT2D eigenvalue weighted by Crippen LogP contribution is 2.22. The summed E-state index contributed by atoms with van der Waals surface area (Å²) < 4.78 is 0. The number of hydrogen-bond donors (Lipinski definition) is 1. The Kier molecular flexibility index (Phi) is 7.03. The molecule has 29 heavy (non-hydrogen) atoms. The molecule has 0 atom stereocenters. The predicted octanol–water partition coefficient (Wildman–Crippen LogP) is 4.39. The van der Waals surface area contributed by atoms with Crippen LogP contribution in [-0.2, 0) is 10.5 Å². The predicted molar refractivity (Wildman–Crippen MR) is 117 cm³/mol. The van der Waals surface area contributed by atoms with Gasteiger partial charge in [0.25, 0.3) is 5.91 Å². The molecule has 1 N–H and O–H groups in total. The van der Waals surface area contributed by atoms with Crippen molar-refractivity contribution in [1.82, 2.24) is 9.88 Å². The quantitative estimate of drug-likeness (QED) is 0.592. The van der Waals surface area contributed by atoms with E-state index >= 15 is 0 Å². The first-order chi connectivity index (χ1) is 14.0. The molecule has 0 aliphatic carbocycles. The molecule has 0 saturated carbocycles. The highest BCUT2D eigenvalue weighted by Gasteiger charge is 2.15. The summed E-state index contributed by atoms with van der Waals surface area (Å²) in [6.45, 7) is 1.89. The summed E-state index contributed by atoms with van der Waals surface area (Å²) in [5.74, 6) is 0.828. The van der Waals surface area contributed by atoms with Crippen LogP contribution in [-0.4, -0.2) is 35.3 Å². The number of hydrogen-bond acceptors (Lipinski definition) is 4. The van der Waals surface area contributed by atoms with Crippen molar-refractivity contribution in [1.29, 1.82) is 0 Å². The average molecular weight is 406 g/mol. The lowest BCUT2D eigenvalue weighted by Crippen LogP contribution is -2.35. The number of aromatic nitrogens is 1. The van der Waals surface area contributed by atoms with Gasteiger partial charge >= 0.3 is 0 Å². The molecule has 0 saturated heterocycles. The van der Waals surface area contributed by atoms with Gasteiger partial charge in [0.15, 0.2) is 0 Å². The molecule has 3 aromatic rings. The topological polar surface area (TPSA) is 62.3 Å². The van der Waals surface area contributed by atoms with Gasteiger partial charge in [0.2, 0.25) is 5.91 Å². The summed E-state index contributed by atoms with van der Waals surface area (Å²) in [5, 5.41) is 2.70. The van der Waals surface area contributed by atoms with Gasteiger partial charge in [-0.05, 0) is 48.4 Å². The van der Waals surface area contributed by atoms with Gasteiger partial charge in [0.05, 0.1) is 6.54 Å². The second-order valence-corrected chi connectivity index (χ2v) is 7.78. The Morgan fingerprint density at radius 2 is 1.72 bits per heavy atom. The number of nitrogens with zero attached hydrogens (tertiary/aromatic N) is 2. The van der Waals surface area contributed by atoms with E-state index in [1.165, 1.54) is 9.80 Å². The minimum absolute atomic E-state index is 0.0417. The van der Waals surface area contributed by atoms with E-state index in [2.05, 4.69) is 22.4 Å². The van der Waals surface area contributed by atoms with Crippen LogP contribution in [0.5, 0.6) is 0 Å². The first-order valence-corrected chi connectivity index (χ1v) is 10.2. The van der Waals surface area contributed by atoms with Gasteiger partial charge in [-0.2, -0.15) is 0 Å². The van der Waals surface area contributed by atoms with E-state index in [1.807, 2.05) is 43.3 Å². The number of nitrogens with one attached hydrogen (secondary N) is 1. The average Bonchev–Trinajstić information content (AvgIpc) is 2.74. The largest absolute Gasteiger partial charge is 0.332 e. The number of carbonyl (C=O) groups is 2. The number of amides is 2. The van der Waals surface area contributed by atoms with Gasteiger partial charge in [0.1, 0.15) is 5.82 Å². The second-order valence-electron chi connectivity index (χ2n) is 6.73. The molecule has 0 aliphatic heterocycles. The number of pyridine rings is 1. The van der Waals surface area contributed by atoms with E-state index in [0.29, 0.717) is 11.4 Å². The van der Waals surface area contributed by atoms with Crippen LogP contribution < -0.4 is 5.32 Å². The zero-order valence-electron chi connectivity index (χ0n) is 16.5. The lowest BCUT2D eigenvalue weighted by Gasteiger charge is -2.17. The smallest absolute Gasteiger partial charge is 0.254 e. The first-order valence-electron chi connectivity index (χ1n) is 9.26. The van der Waals surface area contributed by atoms with E-state index in [1.54, 1.807) is 43.2 Å². The fourth-order valence-corrected chi connectivity index (χ4v) is 3.53. The van der Waals surface area contributed by atoms with Crippen molar-refractivity contribution < 1.29 is 9.59 Å². The monoisotopic (exact) mass is 405 g/mol. The van der Waals surface area contributed by atoms with Crippen LogP contribution in [0.2, 0.25) is 0 Å². The maximum atomic E-state index is 12.6. The van der Waals surface area contributed by atoms with Crippen molar-refractivity contribution >= 4 is 29.4 Å². The third-order valence-corrected chi connectivity index (χ3v) is 5.34. The van der Waals surface area contributed by atoms with Gasteiger partial charge in [-0.3, -0.25) is 9.59 Å². The van der Waals surface area contributed by atoms with Gasteiger partial charge in [-0.25, -0.2) is 4.98 Å². The molecule has 1 aromatic heterocycles. The highest BCUT2D eigenvalue weighted by atomic mass is 32.2. The van der Waals surface area contributed by atoms with E-state index in [-0.39, 0.29) is 18.4 Å². The van der Waals surface area contributed by atoms with E-state index in [0.717, 1.165) is 16.9 Å². The van der Waals surface area contributed by atoms with E-state index in [4.69, 9.17) is 0 Å². The zero-order chi connectivity index (χ0) is 20.6. The summed E-state index contributed by atoms with van der Waals surface area (Å²) in [6, 6.07) is 21.3. The number of anilines is 1. The van der Waals surface area contributed by atoms with Crippen LogP contribution in [0.25, 0.3) is 0 Å². The lowest BCUT2D eigenvalue weighted by molar-refractivity contribution is -0.116. The third-order valence-electron chi connectivity index (χ3n) is 4.26. The van der Waals surface area contributed by atoms with Crippen molar-refractivity contribution in [3.05, 3.63) is 89.6 Å². The Bertz CT molecular complexity index is 958. The molecular formula is C23H23N3O2S. The van der Waals surface area contributed by atoms with Crippen molar-refractivity contribution in [2.45, 2.75) is 17.6 Å². The number of rotatable bonds is 7. The molecular weight excluding hydrogens is 382 g/mol. The Morgan fingerprint density at radius 1 is 1.00 bits per heavy atom. The number of benzene rings is 2. The number of thioether (sulfide) groups is 1. The van der Waals surface area contributed by atoms with Gasteiger partial charge in [-0.15, -0.1) is 11.8 Å². The second kappa shape index (κ2) is 9.89.